The molecule has 0 aliphatic carbocycles. The number of aromatic nitrogens is 1. The van der Waals surface area contributed by atoms with E-state index in [-0.39, 0.29) is 15.5 Å². The van der Waals surface area contributed by atoms with Crippen molar-refractivity contribution in [2.24, 2.45) is 0 Å². The molecule has 2 aromatic carbocycles. The molecule has 39 heavy (non-hydrogen) atoms. The molecule has 2 aliphatic rings. The zero-order valence-electron chi connectivity index (χ0n) is 21.0. The lowest BCUT2D eigenvalue weighted by Gasteiger charge is -2.26. The first kappa shape index (κ1) is 26.9. The van der Waals surface area contributed by atoms with Crippen molar-refractivity contribution in [3.8, 4) is 0 Å². The first-order valence-corrected chi connectivity index (χ1v) is 16.4. The van der Waals surface area contributed by atoms with Crippen LogP contribution in [0.3, 0.4) is 0 Å². The van der Waals surface area contributed by atoms with Crippen LogP contribution in [0.2, 0.25) is 0 Å². The van der Waals surface area contributed by atoms with E-state index in [4.69, 9.17) is 0 Å². The minimum absolute atomic E-state index is 0.0937. The number of allylic oxidation sites excluding steroid dienone is 2. The Balaban J connectivity index is 1.27. The summed E-state index contributed by atoms with van der Waals surface area (Å²) in [6.45, 7) is 0.930. The summed E-state index contributed by atoms with van der Waals surface area (Å²) in [5.41, 5.74) is 3.49. The van der Waals surface area contributed by atoms with Crippen LogP contribution in [0.1, 0.15) is 4.88 Å². The van der Waals surface area contributed by atoms with Crippen molar-refractivity contribution in [3.05, 3.63) is 113 Å². The zero-order valence-corrected chi connectivity index (χ0v) is 23.5. The summed E-state index contributed by atoms with van der Waals surface area (Å²) in [6, 6.07) is 15.1. The molecule has 0 fully saturated rings. The number of hydrogen-bond donors (Lipinski definition) is 3. The van der Waals surface area contributed by atoms with Crippen molar-refractivity contribution < 1.29 is 16.8 Å². The quantitative estimate of drug-likeness (QED) is 0.307. The predicted molar refractivity (Wildman–Crippen MR) is 154 cm³/mol. The summed E-state index contributed by atoms with van der Waals surface area (Å²) in [5, 5.41) is 10.5. The monoisotopic (exact) mass is 581 g/mol. The van der Waals surface area contributed by atoms with Gasteiger partial charge in [0, 0.05) is 72.1 Å². The maximum atomic E-state index is 12.9. The average molecular weight is 582 g/mol. The van der Waals surface area contributed by atoms with Crippen molar-refractivity contribution in [1.29, 1.82) is 0 Å². The molecule has 0 saturated carbocycles. The van der Waals surface area contributed by atoms with E-state index in [0.29, 0.717) is 13.1 Å². The van der Waals surface area contributed by atoms with Gasteiger partial charge in [0.25, 0.3) is 0 Å². The molecule has 0 spiro atoms. The molecule has 0 unspecified atom stereocenters. The van der Waals surface area contributed by atoms with E-state index in [0.717, 1.165) is 32.5 Å². The van der Waals surface area contributed by atoms with Crippen LogP contribution in [0.25, 0.3) is 0 Å². The molecule has 2 aliphatic heterocycles. The van der Waals surface area contributed by atoms with Gasteiger partial charge >= 0.3 is 0 Å². The molecular weight excluding hydrogens is 555 g/mol. The molecule has 1 aromatic heterocycles. The highest BCUT2D eigenvalue weighted by atomic mass is 32.2. The summed E-state index contributed by atoms with van der Waals surface area (Å²) in [7, 11) is -6.58. The topological polar surface area (TPSA) is 120 Å². The fraction of sp³-hybridized carbons (Fsp3) is 0.148. The van der Waals surface area contributed by atoms with Gasteiger partial charge in [-0.1, -0.05) is 29.5 Å². The molecule has 12 heteroatoms. The van der Waals surface area contributed by atoms with Gasteiger partial charge in [-0.15, -0.1) is 0 Å². The molecule has 0 bridgehead atoms. The van der Waals surface area contributed by atoms with Crippen molar-refractivity contribution in [3.63, 3.8) is 0 Å². The third-order valence-corrected chi connectivity index (χ3v) is 9.70. The lowest BCUT2D eigenvalue weighted by Crippen LogP contribution is -2.21. The fourth-order valence-electron chi connectivity index (χ4n) is 3.95. The second-order valence-corrected chi connectivity index (χ2v) is 14.3. The van der Waals surface area contributed by atoms with Gasteiger partial charge < -0.3 is 16.0 Å². The number of benzene rings is 2. The molecule has 0 atom stereocenters. The van der Waals surface area contributed by atoms with Crippen LogP contribution < -0.4 is 20.9 Å². The highest BCUT2D eigenvalue weighted by molar-refractivity contribution is 7.91. The van der Waals surface area contributed by atoms with Crippen LogP contribution in [0.4, 0.5) is 10.8 Å². The normalized spacial score (nSPS) is 15.1. The van der Waals surface area contributed by atoms with E-state index in [1.165, 1.54) is 17.6 Å². The third kappa shape index (κ3) is 6.48. The van der Waals surface area contributed by atoms with E-state index in [1.54, 1.807) is 60.8 Å². The first-order valence-electron chi connectivity index (χ1n) is 12.0. The number of rotatable bonds is 10. The standard InChI is InChI=1S/C27H27N5O4S3/c1-38(33,34)14-12-28-16-22-17-30-27(37-22)32-13-11-20-15-29-18-26(25(20)19-32)31-21-7-9-24(10-8-21)39(35,36)23-5-3-2-4-6-23/h2-11,13,15,17-19,28-29,31H,12,14,16H2,1H3. The summed E-state index contributed by atoms with van der Waals surface area (Å²) < 4.78 is 48.4. The van der Waals surface area contributed by atoms with E-state index < -0.39 is 19.7 Å². The van der Waals surface area contributed by atoms with Gasteiger partial charge in [0.15, 0.2) is 5.13 Å². The van der Waals surface area contributed by atoms with Crippen LogP contribution >= 0.6 is 11.3 Å². The summed E-state index contributed by atoms with van der Waals surface area (Å²) in [5.74, 6) is 0.0937. The molecular formula is C27H27N5O4S3. The van der Waals surface area contributed by atoms with Gasteiger partial charge in [0.1, 0.15) is 9.84 Å². The van der Waals surface area contributed by atoms with Crippen LogP contribution in [-0.4, -0.2) is 40.4 Å². The maximum Gasteiger partial charge on any atom is 0.206 e. The van der Waals surface area contributed by atoms with E-state index in [9.17, 15) is 16.8 Å². The highest BCUT2D eigenvalue weighted by Gasteiger charge is 2.21. The maximum absolute atomic E-state index is 12.9. The lowest BCUT2D eigenvalue weighted by molar-refractivity contribution is 0.594. The number of nitrogens with zero attached hydrogens (tertiary/aromatic N) is 2. The largest absolute Gasteiger partial charge is 0.365 e. The Morgan fingerprint density at radius 2 is 1.72 bits per heavy atom. The number of dihydropyridines is 1. The summed E-state index contributed by atoms with van der Waals surface area (Å²) in [4.78, 5) is 7.95. The summed E-state index contributed by atoms with van der Waals surface area (Å²) >= 11 is 1.52. The van der Waals surface area contributed by atoms with Crippen LogP contribution in [0.5, 0.6) is 0 Å². The number of hydrogen-bond acceptors (Lipinski definition) is 10. The minimum atomic E-state index is -3.59. The molecule has 9 nitrogen and oxygen atoms in total. The third-order valence-electron chi connectivity index (χ3n) is 5.96. The molecule has 0 amide bonds. The SMILES string of the molecule is CS(=O)(=O)CCNCc1cnc(N2C=CC3=CNC=C(Nc4ccc(S(=O)(=O)c5ccccc5)cc4)C3=C2)s1. The number of sulfone groups is 2. The number of nitrogens with one attached hydrogen (secondary N) is 3. The van der Waals surface area contributed by atoms with Crippen LogP contribution in [-0.2, 0) is 26.2 Å². The van der Waals surface area contributed by atoms with Gasteiger partial charge in [-0.05, 0) is 42.5 Å². The van der Waals surface area contributed by atoms with Gasteiger partial charge in [-0.3, -0.25) is 4.90 Å². The van der Waals surface area contributed by atoms with E-state index in [1.807, 2.05) is 35.8 Å². The van der Waals surface area contributed by atoms with Crippen molar-refractivity contribution >= 4 is 41.8 Å². The Bertz CT molecular complexity index is 1690. The van der Waals surface area contributed by atoms with Gasteiger partial charge in [-0.25, -0.2) is 21.8 Å². The Morgan fingerprint density at radius 3 is 2.46 bits per heavy atom. The predicted octanol–water partition coefficient (Wildman–Crippen LogP) is 3.77. The fourth-order valence-corrected chi connectivity index (χ4v) is 6.58. The molecule has 3 heterocycles. The number of fused-ring (bicyclic) bond motifs is 1. The lowest BCUT2D eigenvalue weighted by atomic mass is 10.0. The second-order valence-electron chi connectivity index (χ2n) is 8.97. The van der Waals surface area contributed by atoms with Gasteiger partial charge in [-0.2, -0.15) is 0 Å². The molecule has 0 radical (unpaired) electrons. The summed E-state index contributed by atoms with van der Waals surface area (Å²) in [6.07, 6.45) is 12.7. The van der Waals surface area contributed by atoms with Gasteiger partial charge in [0.2, 0.25) is 9.84 Å². The van der Waals surface area contributed by atoms with Crippen LogP contribution in [0.15, 0.2) is 118 Å². The number of thiazole rings is 1. The Hall–Kier alpha value is -3.71. The van der Waals surface area contributed by atoms with Crippen molar-refractivity contribution in [2.45, 2.75) is 16.3 Å². The number of anilines is 2. The molecule has 0 saturated heterocycles. The van der Waals surface area contributed by atoms with Crippen molar-refractivity contribution in [1.82, 2.24) is 15.6 Å². The molecule has 202 valence electrons. The van der Waals surface area contributed by atoms with Gasteiger partial charge in [0.05, 0.1) is 21.2 Å². The van der Waals surface area contributed by atoms with E-state index >= 15 is 0 Å². The molecule has 5 rings (SSSR count). The second kappa shape index (κ2) is 11.2. The highest BCUT2D eigenvalue weighted by Crippen LogP contribution is 2.32. The first-order chi connectivity index (χ1) is 18.7. The minimum Gasteiger partial charge on any atom is -0.365 e. The average Bonchev–Trinajstić information content (AvgIpc) is 3.40. The van der Waals surface area contributed by atoms with Crippen molar-refractivity contribution in [2.75, 3.05) is 28.8 Å². The smallest absolute Gasteiger partial charge is 0.206 e. The van der Waals surface area contributed by atoms with Crippen LogP contribution in [0, 0.1) is 0 Å². The van der Waals surface area contributed by atoms with E-state index in [2.05, 4.69) is 20.9 Å². The Morgan fingerprint density at radius 1 is 0.974 bits per heavy atom. The Kier molecular flexibility index (Phi) is 7.71. The molecule has 3 N–H and O–H groups in total. The Labute approximate surface area is 232 Å². The molecule has 3 aromatic rings. The zero-order chi connectivity index (χ0) is 27.5.